The van der Waals surface area contributed by atoms with Crippen LogP contribution in [0.25, 0.3) is 0 Å². The highest BCUT2D eigenvalue weighted by molar-refractivity contribution is 5.93. The lowest BCUT2D eigenvalue weighted by molar-refractivity contribution is -0.605. The predicted molar refractivity (Wildman–Crippen MR) is 69.6 cm³/mol. The number of ketones is 2. The molecule has 2 aromatic heterocycles. The maximum atomic E-state index is 10.6. The molecule has 2 rings (SSSR count). The van der Waals surface area contributed by atoms with E-state index in [9.17, 15) is 14.8 Å². The minimum Gasteiger partial charge on any atom is -0.619 e. The first kappa shape index (κ1) is 14.5. The zero-order valence-corrected chi connectivity index (χ0v) is 10.7. The first-order valence-corrected chi connectivity index (χ1v) is 5.61. The van der Waals surface area contributed by atoms with Gasteiger partial charge in [0.1, 0.15) is 0 Å². The number of pyridine rings is 2. The van der Waals surface area contributed by atoms with Crippen molar-refractivity contribution in [3.8, 4) is 0 Å². The van der Waals surface area contributed by atoms with Crippen molar-refractivity contribution < 1.29 is 14.3 Å². The second-order valence-electron chi connectivity index (χ2n) is 3.81. The fourth-order valence-electron chi connectivity index (χ4n) is 1.23. The third kappa shape index (κ3) is 5.08. The van der Waals surface area contributed by atoms with E-state index in [1.54, 1.807) is 36.7 Å². The Morgan fingerprint density at radius 3 is 2.11 bits per heavy atom. The summed E-state index contributed by atoms with van der Waals surface area (Å²) in [6.07, 6.45) is 5.80. The summed E-state index contributed by atoms with van der Waals surface area (Å²) >= 11 is 0. The molecule has 0 aliphatic heterocycles. The molecule has 5 nitrogen and oxygen atoms in total. The van der Waals surface area contributed by atoms with Gasteiger partial charge in [-0.1, -0.05) is 0 Å². The minimum atomic E-state index is -0.0924. The molecule has 0 bridgehead atoms. The van der Waals surface area contributed by atoms with Crippen LogP contribution in [0.2, 0.25) is 0 Å². The number of aromatic nitrogens is 2. The molecule has 5 heteroatoms. The van der Waals surface area contributed by atoms with Crippen molar-refractivity contribution in [1.29, 1.82) is 0 Å². The molecule has 0 aliphatic rings. The molecular weight excluding hydrogens is 244 g/mol. The lowest BCUT2D eigenvalue weighted by Crippen LogP contribution is -2.25. The number of Topliss-reactive ketones (excluding diaryl/α,β-unsaturated/α-hetero) is 2. The van der Waals surface area contributed by atoms with Crippen LogP contribution in [0, 0.1) is 5.21 Å². The first-order chi connectivity index (χ1) is 9.00. The summed E-state index contributed by atoms with van der Waals surface area (Å²) in [4.78, 5) is 25.0. The summed E-state index contributed by atoms with van der Waals surface area (Å²) in [7, 11) is 0. The Balaban J connectivity index is 0.000000191. The summed E-state index contributed by atoms with van der Waals surface area (Å²) in [6.45, 7) is 2.95. The van der Waals surface area contributed by atoms with Crippen molar-refractivity contribution in [3.63, 3.8) is 0 Å². The number of nitrogens with zero attached hydrogens (tertiary/aromatic N) is 2. The van der Waals surface area contributed by atoms with Crippen LogP contribution in [0.15, 0.2) is 49.1 Å². The summed E-state index contributed by atoms with van der Waals surface area (Å²) in [5, 5.41) is 10.6. The van der Waals surface area contributed by atoms with Gasteiger partial charge in [0.15, 0.2) is 24.0 Å². The van der Waals surface area contributed by atoms with Crippen LogP contribution in [0.1, 0.15) is 34.6 Å². The van der Waals surface area contributed by atoms with E-state index in [2.05, 4.69) is 4.98 Å². The van der Waals surface area contributed by atoms with Gasteiger partial charge >= 0.3 is 0 Å². The largest absolute Gasteiger partial charge is 0.619 e. The monoisotopic (exact) mass is 258 g/mol. The molecular formula is C14H14N2O3. The highest BCUT2D eigenvalue weighted by Gasteiger charge is 2.00. The zero-order valence-electron chi connectivity index (χ0n) is 10.7. The van der Waals surface area contributed by atoms with Crippen LogP contribution in [0.4, 0.5) is 0 Å². The van der Waals surface area contributed by atoms with Crippen LogP contribution in [-0.2, 0) is 0 Å². The van der Waals surface area contributed by atoms with Crippen LogP contribution in [-0.4, -0.2) is 16.6 Å². The zero-order chi connectivity index (χ0) is 14.3. The Kier molecular flexibility index (Phi) is 5.35. The van der Waals surface area contributed by atoms with E-state index in [1.165, 1.54) is 26.2 Å². The number of carbonyl (C=O) groups is 2. The number of hydrogen-bond acceptors (Lipinski definition) is 4. The SMILES string of the molecule is CC(=O)c1ccc[n+]([O-])c1.CC(=O)c1cccnc1. The van der Waals surface area contributed by atoms with Crippen LogP contribution in [0.3, 0.4) is 0 Å². The van der Waals surface area contributed by atoms with Gasteiger partial charge in [0.25, 0.3) is 0 Å². The van der Waals surface area contributed by atoms with E-state index in [0.29, 0.717) is 15.9 Å². The van der Waals surface area contributed by atoms with Gasteiger partial charge in [0.2, 0.25) is 0 Å². The van der Waals surface area contributed by atoms with Crippen molar-refractivity contribution in [2.75, 3.05) is 0 Å². The Hall–Kier alpha value is -2.56. The lowest BCUT2D eigenvalue weighted by Gasteiger charge is -1.95. The fraction of sp³-hybridized carbons (Fsp3) is 0.143. The van der Waals surface area contributed by atoms with Gasteiger partial charge < -0.3 is 5.21 Å². The summed E-state index contributed by atoms with van der Waals surface area (Å²) in [5.74, 6) is -0.0340. The van der Waals surface area contributed by atoms with Crippen LogP contribution < -0.4 is 4.73 Å². The van der Waals surface area contributed by atoms with Crippen molar-refractivity contribution in [3.05, 3.63) is 65.4 Å². The van der Waals surface area contributed by atoms with Crippen LogP contribution in [0.5, 0.6) is 0 Å². The molecule has 2 aromatic rings. The molecule has 0 saturated heterocycles. The van der Waals surface area contributed by atoms with E-state index in [-0.39, 0.29) is 11.6 Å². The highest BCUT2D eigenvalue weighted by atomic mass is 16.5. The average Bonchev–Trinajstić information content (AvgIpc) is 2.40. The van der Waals surface area contributed by atoms with Gasteiger partial charge in [-0.2, -0.15) is 4.73 Å². The summed E-state index contributed by atoms with van der Waals surface area (Å²) in [6, 6.07) is 6.65. The Bertz CT molecular complexity index is 568. The normalized spacial score (nSPS) is 9.16. The maximum absolute atomic E-state index is 10.6. The van der Waals surface area contributed by atoms with E-state index in [1.807, 2.05) is 0 Å². The molecule has 0 N–H and O–H groups in total. The van der Waals surface area contributed by atoms with Crippen molar-refractivity contribution >= 4 is 11.6 Å². The topological polar surface area (TPSA) is 74.0 Å². The third-order valence-corrected chi connectivity index (χ3v) is 2.25. The fourth-order valence-corrected chi connectivity index (χ4v) is 1.23. The van der Waals surface area contributed by atoms with E-state index >= 15 is 0 Å². The predicted octanol–water partition coefficient (Wildman–Crippen LogP) is 1.81. The maximum Gasteiger partial charge on any atom is 0.191 e. The third-order valence-electron chi connectivity index (χ3n) is 2.25. The molecule has 0 fully saturated rings. The molecule has 2 heterocycles. The molecule has 0 unspecified atom stereocenters. The second-order valence-corrected chi connectivity index (χ2v) is 3.81. The highest BCUT2D eigenvalue weighted by Crippen LogP contribution is 1.95. The average molecular weight is 258 g/mol. The Labute approximate surface area is 111 Å². The van der Waals surface area contributed by atoms with Gasteiger partial charge in [0, 0.05) is 24.0 Å². The molecule has 0 spiro atoms. The van der Waals surface area contributed by atoms with Crippen molar-refractivity contribution in [2.24, 2.45) is 0 Å². The molecule has 0 amide bonds. The van der Waals surface area contributed by atoms with Gasteiger partial charge in [-0.05, 0) is 32.0 Å². The first-order valence-electron chi connectivity index (χ1n) is 5.61. The lowest BCUT2D eigenvalue weighted by atomic mass is 10.2. The van der Waals surface area contributed by atoms with Crippen molar-refractivity contribution in [2.45, 2.75) is 13.8 Å². The molecule has 19 heavy (non-hydrogen) atoms. The minimum absolute atomic E-state index is 0.0584. The van der Waals surface area contributed by atoms with E-state index in [0.717, 1.165) is 0 Å². The van der Waals surface area contributed by atoms with Gasteiger partial charge in [0.05, 0.1) is 5.56 Å². The second kappa shape index (κ2) is 7.00. The van der Waals surface area contributed by atoms with E-state index < -0.39 is 0 Å². The summed E-state index contributed by atoms with van der Waals surface area (Å²) in [5.41, 5.74) is 1.11. The molecule has 98 valence electrons. The van der Waals surface area contributed by atoms with Crippen molar-refractivity contribution in [1.82, 2.24) is 4.98 Å². The summed E-state index contributed by atoms with van der Waals surface area (Å²) < 4.78 is 0.608. The quantitative estimate of drug-likeness (QED) is 0.467. The smallest absolute Gasteiger partial charge is 0.191 e. The van der Waals surface area contributed by atoms with E-state index in [4.69, 9.17) is 0 Å². The van der Waals surface area contributed by atoms with Crippen LogP contribution >= 0.6 is 0 Å². The molecule has 0 saturated carbocycles. The number of rotatable bonds is 2. The van der Waals surface area contributed by atoms with Gasteiger partial charge in [-0.15, -0.1) is 0 Å². The molecule has 0 radical (unpaired) electrons. The van der Waals surface area contributed by atoms with Gasteiger partial charge in [-0.25, -0.2) is 0 Å². The number of carbonyl (C=O) groups excluding carboxylic acids is 2. The standard InChI is InChI=1S/C7H7NO2.C7H7NO/c1-6(9)7-3-2-4-8(10)5-7;1-6(9)7-3-2-4-8-5-7/h2-5H,1H3;2-5H,1H3. The number of hydrogen-bond donors (Lipinski definition) is 0. The molecule has 0 aliphatic carbocycles. The molecule has 0 aromatic carbocycles. The Morgan fingerprint density at radius 2 is 1.74 bits per heavy atom. The van der Waals surface area contributed by atoms with Gasteiger partial charge in [-0.3, -0.25) is 14.6 Å². The molecule has 0 atom stereocenters. The Morgan fingerprint density at radius 1 is 1.11 bits per heavy atom.